The number of carbonyl (C=O) groups excluding carboxylic acids is 2. The lowest BCUT2D eigenvalue weighted by atomic mass is 10.1. The molecule has 0 atom stereocenters. The Morgan fingerprint density at radius 2 is 1.89 bits per heavy atom. The SMILES string of the molecule is CCOC(=O)C1=C(O)/C(=C/c2cc(I)c(OCc3ccccc3F)c(OCC)c2)SC1=NC(=O)CC. The molecule has 1 aliphatic heterocycles. The molecule has 0 saturated heterocycles. The molecule has 10 heteroatoms. The molecule has 0 unspecified atom stereocenters. The summed E-state index contributed by atoms with van der Waals surface area (Å²) >= 11 is 3.10. The van der Waals surface area contributed by atoms with Crippen LogP contribution in [0.4, 0.5) is 4.39 Å². The van der Waals surface area contributed by atoms with Gasteiger partial charge in [0.25, 0.3) is 0 Å². The molecule has 36 heavy (non-hydrogen) atoms. The molecule has 1 aliphatic rings. The van der Waals surface area contributed by atoms with Crippen LogP contribution in [0.2, 0.25) is 0 Å². The van der Waals surface area contributed by atoms with Gasteiger partial charge in [0.1, 0.15) is 28.8 Å². The average Bonchev–Trinajstić information content (AvgIpc) is 3.14. The smallest absolute Gasteiger partial charge is 0.344 e. The van der Waals surface area contributed by atoms with Crippen molar-refractivity contribution in [1.29, 1.82) is 0 Å². The largest absolute Gasteiger partial charge is 0.506 e. The van der Waals surface area contributed by atoms with Gasteiger partial charge in [0, 0.05) is 12.0 Å². The van der Waals surface area contributed by atoms with Crippen molar-refractivity contribution < 1.29 is 33.3 Å². The van der Waals surface area contributed by atoms with Gasteiger partial charge < -0.3 is 19.3 Å². The number of aliphatic hydroxyl groups is 1. The fourth-order valence-corrected chi connectivity index (χ4v) is 4.99. The van der Waals surface area contributed by atoms with Gasteiger partial charge in [-0.25, -0.2) is 14.2 Å². The van der Waals surface area contributed by atoms with Gasteiger partial charge in [0.2, 0.25) is 5.91 Å². The van der Waals surface area contributed by atoms with Crippen LogP contribution in [0.25, 0.3) is 6.08 Å². The van der Waals surface area contributed by atoms with Gasteiger partial charge in [-0.2, -0.15) is 0 Å². The van der Waals surface area contributed by atoms with Gasteiger partial charge in [0.05, 0.1) is 21.7 Å². The van der Waals surface area contributed by atoms with Gasteiger partial charge in [-0.05, 0) is 66.3 Å². The summed E-state index contributed by atoms with van der Waals surface area (Å²) in [4.78, 5) is 28.7. The third kappa shape index (κ3) is 6.67. The number of esters is 1. The van der Waals surface area contributed by atoms with Crippen molar-refractivity contribution >= 4 is 57.3 Å². The van der Waals surface area contributed by atoms with Crippen molar-refractivity contribution in [3.63, 3.8) is 0 Å². The number of aliphatic imine (C=N–C) groups is 1. The van der Waals surface area contributed by atoms with Gasteiger partial charge in [-0.15, -0.1) is 0 Å². The molecular formula is C26H25FINO6S. The van der Waals surface area contributed by atoms with E-state index in [0.29, 0.717) is 37.7 Å². The van der Waals surface area contributed by atoms with Crippen LogP contribution in [-0.2, 0) is 20.9 Å². The minimum atomic E-state index is -0.755. The molecule has 3 rings (SSSR count). The number of thioether (sulfide) groups is 1. The van der Waals surface area contributed by atoms with Gasteiger partial charge in [0.15, 0.2) is 11.5 Å². The number of halogens is 2. The fourth-order valence-electron chi connectivity index (χ4n) is 3.18. The first-order valence-electron chi connectivity index (χ1n) is 11.2. The van der Waals surface area contributed by atoms with E-state index in [-0.39, 0.29) is 41.8 Å². The van der Waals surface area contributed by atoms with Gasteiger partial charge in [-0.3, -0.25) is 4.79 Å². The van der Waals surface area contributed by atoms with Crippen molar-refractivity contribution in [2.45, 2.75) is 33.8 Å². The summed E-state index contributed by atoms with van der Waals surface area (Å²) in [5.41, 5.74) is 0.931. The standard InChI is InChI=1S/C26H25FINO6S/c1-4-21(30)29-25-22(26(32)34-6-3)23(31)20(36-25)13-15-11-18(28)24(19(12-15)33-5-2)35-14-16-9-7-8-10-17(16)27/h7-13,31H,4-6,14H2,1-3H3/b20-13-,29-25?. The Labute approximate surface area is 226 Å². The molecule has 0 saturated carbocycles. The Morgan fingerprint density at radius 1 is 1.14 bits per heavy atom. The Hall–Kier alpha value is -2.86. The van der Waals surface area contributed by atoms with E-state index in [1.165, 1.54) is 6.07 Å². The third-order valence-electron chi connectivity index (χ3n) is 4.86. The minimum absolute atomic E-state index is 0.0245. The average molecular weight is 625 g/mol. The van der Waals surface area contributed by atoms with E-state index < -0.39 is 11.9 Å². The Morgan fingerprint density at radius 3 is 2.56 bits per heavy atom. The lowest BCUT2D eigenvalue weighted by molar-refractivity contribution is -0.138. The molecule has 7 nitrogen and oxygen atoms in total. The second-order valence-electron chi connectivity index (χ2n) is 7.36. The van der Waals surface area contributed by atoms with E-state index in [4.69, 9.17) is 14.2 Å². The summed E-state index contributed by atoms with van der Waals surface area (Å²) in [6.07, 6.45) is 1.81. The predicted octanol–water partition coefficient (Wildman–Crippen LogP) is 6.21. The number of benzene rings is 2. The van der Waals surface area contributed by atoms with Crippen LogP contribution in [0.1, 0.15) is 38.3 Å². The summed E-state index contributed by atoms with van der Waals surface area (Å²) in [6.45, 7) is 5.64. The molecule has 1 N–H and O–H groups in total. The first kappa shape index (κ1) is 27.7. The van der Waals surface area contributed by atoms with Crippen LogP contribution in [0.5, 0.6) is 11.5 Å². The van der Waals surface area contributed by atoms with Crippen LogP contribution < -0.4 is 9.47 Å². The highest BCUT2D eigenvalue weighted by Crippen LogP contribution is 2.41. The molecule has 0 aromatic heterocycles. The molecule has 1 heterocycles. The highest BCUT2D eigenvalue weighted by Gasteiger charge is 2.33. The lowest BCUT2D eigenvalue weighted by Gasteiger charge is -2.15. The molecule has 0 spiro atoms. The summed E-state index contributed by atoms with van der Waals surface area (Å²) in [5, 5.41) is 10.9. The molecular weight excluding hydrogens is 600 g/mol. The minimum Gasteiger partial charge on any atom is -0.506 e. The molecule has 2 aromatic carbocycles. The topological polar surface area (TPSA) is 94.4 Å². The van der Waals surface area contributed by atoms with Crippen molar-refractivity contribution in [1.82, 2.24) is 0 Å². The Kier molecular flexibility index (Phi) is 9.94. The number of aliphatic hydroxyl groups excluding tert-OH is 1. The van der Waals surface area contributed by atoms with Crippen molar-refractivity contribution in [2.24, 2.45) is 4.99 Å². The molecule has 0 aliphatic carbocycles. The summed E-state index contributed by atoms with van der Waals surface area (Å²) in [7, 11) is 0. The highest BCUT2D eigenvalue weighted by atomic mass is 127. The summed E-state index contributed by atoms with van der Waals surface area (Å²) in [5.74, 6) is -0.935. The van der Waals surface area contributed by atoms with Gasteiger partial charge in [-0.1, -0.05) is 36.9 Å². The first-order valence-corrected chi connectivity index (χ1v) is 13.1. The number of hydrogen-bond acceptors (Lipinski definition) is 7. The van der Waals surface area contributed by atoms with Crippen molar-refractivity contribution in [3.8, 4) is 11.5 Å². The summed E-state index contributed by atoms with van der Waals surface area (Å²) in [6, 6.07) is 9.90. The monoisotopic (exact) mass is 625 g/mol. The quantitative estimate of drug-likeness (QED) is 0.262. The zero-order chi connectivity index (χ0) is 26.2. The third-order valence-corrected chi connectivity index (χ3v) is 6.68. The zero-order valence-corrected chi connectivity index (χ0v) is 22.9. The maximum Gasteiger partial charge on any atom is 0.344 e. The summed E-state index contributed by atoms with van der Waals surface area (Å²) < 4.78 is 31.5. The normalized spacial score (nSPS) is 15.5. The van der Waals surface area contributed by atoms with E-state index in [1.807, 2.05) is 6.92 Å². The molecule has 0 radical (unpaired) electrons. The Bertz CT molecular complexity index is 1260. The second kappa shape index (κ2) is 12.9. The van der Waals surface area contributed by atoms with Crippen LogP contribution in [0.3, 0.4) is 0 Å². The molecule has 190 valence electrons. The van der Waals surface area contributed by atoms with Crippen LogP contribution in [-0.4, -0.2) is 35.2 Å². The maximum atomic E-state index is 14.0. The van der Waals surface area contributed by atoms with Crippen LogP contribution >= 0.6 is 34.4 Å². The molecule has 0 bridgehead atoms. The van der Waals surface area contributed by atoms with Crippen LogP contribution in [0, 0.1) is 9.39 Å². The predicted molar refractivity (Wildman–Crippen MR) is 146 cm³/mol. The fraction of sp³-hybridized carbons (Fsp3) is 0.269. The molecule has 0 fully saturated rings. The zero-order valence-electron chi connectivity index (χ0n) is 20.0. The van der Waals surface area contributed by atoms with E-state index in [0.717, 1.165) is 11.8 Å². The number of nitrogens with zero attached hydrogens (tertiary/aromatic N) is 1. The van der Waals surface area contributed by atoms with Crippen LogP contribution in [0.15, 0.2) is 57.6 Å². The maximum absolute atomic E-state index is 14.0. The highest BCUT2D eigenvalue weighted by molar-refractivity contribution is 14.1. The van der Waals surface area contributed by atoms with Crippen molar-refractivity contribution in [3.05, 3.63) is 73.1 Å². The van der Waals surface area contributed by atoms with E-state index in [2.05, 4.69) is 27.6 Å². The lowest BCUT2D eigenvalue weighted by Crippen LogP contribution is -2.14. The second-order valence-corrected chi connectivity index (χ2v) is 9.55. The number of rotatable bonds is 9. The number of amides is 1. The molecule has 2 aromatic rings. The van der Waals surface area contributed by atoms with Gasteiger partial charge >= 0.3 is 5.97 Å². The Balaban J connectivity index is 1.97. The van der Waals surface area contributed by atoms with E-state index in [9.17, 15) is 19.1 Å². The molecule has 1 amide bonds. The first-order chi connectivity index (χ1) is 17.3. The van der Waals surface area contributed by atoms with E-state index >= 15 is 0 Å². The number of hydrogen-bond donors (Lipinski definition) is 1. The van der Waals surface area contributed by atoms with E-state index in [1.54, 1.807) is 50.3 Å². The van der Waals surface area contributed by atoms with Crippen molar-refractivity contribution in [2.75, 3.05) is 13.2 Å². The number of carbonyl (C=O) groups is 2. The number of ether oxygens (including phenoxy) is 3.